The van der Waals surface area contributed by atoms with Gasteiger partial charge < -0.3 is 24.1 Å². The molecule has 0 spiro atoms. The highest BCUT2D eigenvalue weighted by Crippen LogP contribution is 2.69. The topological polar surface area (TPSA) is 135 Å². The number of nitrogens with zero attached hydrogens (tertiary/aromatic N) is 2. The molecule has 7 atom stereocenters. The maximum Gasteiger partial charge on any atom is 0.338 e. The molecule has 6 unspecified atom stereocenters. The van der Waals surface area contributed by atoms with Crippen LogP contribution < -0.4 is 14.5 Å². The lowest BCUT2D eigenvalue weighted by Crippen LogP contribution is -2.43. The zero-order valence-electron chi connectivity index (χ0n) is 25.9. The Morgan fingerprint density at radius 1 is 1.02 bits per heavy atom. The molecule has 3 aromatic rings. The first-order valence-corrected chi connectivity index (χ1v) is 18.6. The molecule has 0 radical (unpaired) electrons. The summed E-state index contributed by atoms with van der Waals surface area (Å²) in [7, 11) is 0. The van der Waals surface area contributed by atoms with E-state index in [4.69, 9.17) is 14.2 Å². The van der Waals surface area contributed by atoms with Gasteiger partial charge in [-0.2, -0.15) is 0 Å². The number of rotatable bonds is 7. The van der Waals surface area contributed by atoms with Crippen molar-refractivity contribution < 1.29 is 33.4 Å². The highest BCUT2D eigenvalue weighted by molar-refractivity contribution is 9.10. The summed E-state index contributed by atoms with van der Waals surface area (Å²) in [6.45, 7) is 3.88. The van der Waals surface area contributed by atoms with Crippen LogP contribution in [-0.2, 0) is 23.9 Å². The van der Waals surface area contributed by atoms with E-state index in [1.54, 1.807) is 47.9 Å². The third-order valence-corrected chi connectivity index (χ3v) is 13.5. The maximum atomic E-state index is 14.2. The van der Waals surface area contributed by atoms with Crippen LogP contribution in [0.25, 0.3) is 0 Å². The average Bonchev–Trinajstić information content (AvgIpc) is 3.83. The van der Waals surface area contributed by atoms with Crippen LogP contribution in [0.1, 0.15) is 40.1 Å². The van der Waals surface area contributed by atoms with E-state index in [0.717, 1.165) is 26.4 Å². The van der Waals surface area contributed by atoms with Gasteiger partial charge in [-0.1, -0.05) is 27.3 Å². The lowest BCUT2D eigenvalue weighted by Gasteiger charge is -2.43. The first-order valence-electron chi connectivity index (χ1n) is 16.1. The van der Waals surface area contributed by atoms with Crippen molar-refractivity contribution >= 4 is 68.4 Å². The molecule has 2 saturated heterocycles. The van der Waals surface area contributed by atoms with Crippen molar-refractivity contribution in [3.05, 3.63) is 72.6 Å². The Morgan fingerprint density at radius 2 is 1.75 bits per heavy atom. The lowest BCUT2D eigenvalue weighted by atomic mass is 9.68. The standard InChI is InChI=1S/C34H32BrN3O8S2/c1-2-45-33(42)16-3-6-18(7-4-16)38-31(40)26-20-14-21(27(26)32(38)41)28-25(20)24(29-30(47-28)36-34(43)48-29)19-13-17(35)5-8-22(19)46-15-23(39)37-9-11-44-12-10-37/h3-8,13,20-21,24-28H,2,9-12,14-15H2,1H3,(H,36,43)/t20?,21?,24-,25?,26?,27?,28?/m1/s1. The minimum Gasteiger partial charge on any atom is -0.483 e. The number of H-pyrrole nitrogens is 1. The molecule has 2 aromatic carbocycles. The molecule has 4 fully saturated rings. The number of thiazole rings is 1. The second-order valence-electron chi connectivity index (χ2n) is 12.7. The summed E-state index contributed by atoms with van der Waals surface area (Å²) < 4.78 is 17.5. The fourth-order valence-corrected chi connectivity index (χ4v) is 11.8. The molecule has 250 valence electrons. The van der Waals surface area contributed by atoms with Crippen molar-refractivity contribution in [1.82, 2.24) is 9.88 Å². The van der Waals surface area contributed by atoms with Crippen molar-refractivity contribution in [2.75, 3.05) is 44.4 Å². The summed E-state index contributed by atoms with van der Waals surface area (Å²) in [5, 5.41) is 0.780. The van der Waals surface area contributed by atoms with Crippen LogP contribution in [0.2, 0.25) is 0 Å². The number of halogens is 1. The van der Waals surface area contributed by atoms with E-state index < -0.39 is 17.8 Å². The number of ether oxygens (including phenoxy) is 3. The second kappa shape index (κ2) is 12.5. The lowest BCUT2D eigenvalue weighted by molar-refractivity contribution is -0.137. The van der Waals surface area contributed by atoms with E-state index in [-0.39, 0.29) is 64.7 Å². The number of carbonyl (C=O) groups excluding carboxylic acids is 4. The molecule has 14 heteroatoms. The van der Waals surface area contributed by atoms with E-state index in [0.29, 0.717) is 43.3 Å². The summed E-state index contributed by atoms with van der Waals surface area (Å²) >= 11 is 6.42. The molecular formula is C34H32BrN3O8S2. The second-order valence-corrected chi connectivity index (χ2v) is 15.8. The van der Waals surface area contributed by atoms with E-state index >= 15 is 0 Å². The molecule has 1 N–H and O–H groups in total. The maximum absolute atomic E-state index is 14.2. The fraction of sp³-hybridized carbons (Fsp3) is 0.441. The van der Waals surface area contributed by atoms with Gasteiger partial charge in [-0.05, 0) is 73.6 Å². The molecule has 48 heavy (non-hydrogen) atoms. The molecule has 5 aliphatic rings. The molecule has 3 aliphatic heterocycles. The number of fused-ring (bicyclic) bond motifs is 9. The van der Waals surface area contributed by atoms with E-state index in [1.807, 2.05) is 18.2 Å². The number of aromatic amines is 1. The van der Waals surface area contributed by atoms with Crippen molar-refractivity contribution in [1.29, 1.82) is 0 Å². The van der Waals surface area contributed by atoms with Gasteiger partial charge in [0.1, 0.15) is 5.75 Å². The number of carbonyl (C=O) groups is 4. The first kappa shape index (κ1) is 31.8. The van der Waals surface area contributed by atoms with Crippen LogP contribution >= 0.6 is 39.0 Å². The fourth-order valence-electron chi connectivity index (χ4n) is 8.52. The van der Waals surface area contributed by atoms with Gasteiger partial charge in [-0.15, -0.1) is 11.8 Å². The van der Waals surface area contributed by atoms with Gasteiger partial charge >= 0.3 is 10.8 Å². The van der Waals surface area contributed by atoms with Crippen molar-refractivity contribution in [2.45, 2.75) is 29.5 Å². The van der Waals surface area contributed by atoms with Gasteiger partial charge in [0.05, 0.1) is 47.9 Å². The molecular weight excluding hydrogens is 722 g/mol. The Morgan fingerprint density at radius 3 is 2.48 bits per heavy atom. The van der Waals surface area contributed by atoms with Crippen LogP contribution in [0.5, 0.6) is 5.75 Å². The Hall–Kier alpha value is -3.46. The van der Waals surface area contributed by atoms with Crippen molar-refractivity contribution in [3.63, 3.8) is 0 Å². The molecule has 8 rings (SSSR count). The highest BCUT2D eigenvalue weighted by Gasteiger charge is 2.70. The number of aromatic nitrogens is 1. The minimum atomic E-state index is -0.492. The van der Waals surface area contributed by atoms with Crippen LogP contribution in [0.3, 0.4) is 0 Å². The summed E-state index contributed by atoms with van der Waals surface area (Å²) in [6.07, 6.45) is 0.736. The number of imide groups is 1. The molecule has 11 nitrogen and oxygen atoms in total. The number of hydrogen-bond donors (Lipinski definition) is 1. The normalized spacial score (nSPS) is 28.7. The van der Waals surface area contributed by atoms with E-state index in [1.165, 1.54) is 16.2 Å². The van der Waals surface area contributed by atoms with Gasteiger partial charge in [-0.25, -0.2) is 4.79 Å². The van der Waals surface area contributed by atoms with E-state index in [9.17, 15) is 24.0 Å². The summed E-state index contributed by atoms with van der Waals surface area (Å²) in [4.78, 5) is 73.0. The number of thioether (sulfide) groups is 1. The smallest absolute Gasteiger partial charge is 0.338 e. The molecule has 4 heterocycles. The number of anilines is 1. The van der Waals surface area contributed by atoms with Crippen LogP contribution in [0.15, 0.2) is 56.8 Å². The minimum absolute atomic E-state index is 0.0105. The SMILES string of the molecule is CCOC(=O)c1ccc(N2C(=O)C3C4CC(C3C2=O)C2C4Sc3[nH]c(=O)sc3[C@@H]2c2cc(Br)ccc2OCC(=O)N2CCOCC2)cc1. The Labute approximate surface area is 292 Å². The summed E-state index contributed by atoms with van der Waals surface area (Å²) in [5.74, 6) is -1.91. The Kier molecular flexibility index (Phi) is 8.25. The van der Waals surface area contributed by atoms with Gasteiger partial charge in [0.25, 0.3) is 5.91 Å². The largest absolute Gasteiger partial charge is 0.483 e. The van der Waals surface area contributed by atoms with E-state index in [2.05, 4.69) is 20.9 Å². The highest BCUT2D eigenvalue weighted by atomic mass is 79.9. The first-order chi connectivity index (χ1) is 23.2. The number of nitrogens with one attached hydrogen (secondary N) is 1. The summed E-state index contributed by atoms with van der Waals surface area (Å²) in [6, 6.07) is 12.1. The predicted octanol–water partition coefficient (Wildman–Crippen LogP) is 4.29. The zero-order chi connectivity index (χ0) is 33.3. The van der Waals surface area contributed by atoms with Crippen LogP contribution in [0, 0.1) is 29.6 Å². The van der Waals surface area contributed by atoms with Crippen LogP contribution in [-0.4, -0.2) is 78.3 Å². The van der Waals surface area contributed by atoms with Gasteiger partial charge in [0.2, 0.25) is 11.8 Å². The number of amides is 3. The van der Waals surface area contributed by atoms with Gasteiger partial charge in [0.15, 0.2) is 6.61 Å². The Bertz CT molecular complexity index is 1870. The van der Waals surface area contributed by atoms with Crippen LogP contribution in [0.4, 0.5) is 5.69 Å². The molecule has 3 amide bonds. The number of morpholine rings is 1. The Balaban J connectivity index is 1.13. The third kappa shape index (κ3) is 5.14. The number of hydrogen-bond acceptors (Lipinski definition) is 10. The molecule has 1 aromatic heterocycles. The quantitative estimate of drug-likeness (QED) is 0.277. The van der Waals surface area contributed by atoms with Crippen molar-refractivity contribution in [3.8, 4) is 5.75 Å². The zero-order valence-corrected chi connectivity index (χ0v) is 29.1. The van der Waals surface area contributed by atoms with Crippen molar-refractivity contribution in [2.24, 2.45) is 29.6 Å². The van der Waals surface area contributed by atoms with Gasteiger partial charge in [-0.3, -0.25) is 24.1 Å². The molecule has 2 bridgehead atoms. The average molecular weight is 755 g/mol. The third-order valence-electron chi connectivity index (χ3n) is 10.4. The van der Waals surface area contributed by atoms with Gasteiger partial charge in [0, 0.05) is 39.2 Å². The monoisotopic (exact) mass is 753 g/mol. The molecule has 2 saturated carbocycles. The molecule has 2 aliphatic carbocycles. The number of esters is 1. The summed E-state index contributed by atoms with van der Waals surface area (Å²) in [5.41, 5.74) is 1.64. The predicted molar refractivity (Wildman–Crippen MR) is 180 cm³/mol. The number of benzene rings is 2.